The molecular formula is C16H20N2O2. The first-order valence-electron chi connectivity index (χ1n) is 6.84. The van der Waals surface area contributed by atoms with Gasteiger partial charge in [0.05, 0.1) is 12.0 Å². The summed E-state index contributed by atoms with van der Waals surface area (Å²) in [6, 6.07) is 11.5. The van der Waals surface area contributed by atoms with Gasteiger partial charge in [-0.25, -0.2) is 0 Å². The first kappa shape index (κ1) is 14.5. The van der Waals surface area contributed by atoms with Gasteiger partial charge in [0.1, 0.15) is 11.6 Å². The molecule has 106 valence electrons. The molecule has 3 atom stereocenters. The highest BCUT2D eigenvalue weighted by Gasteiger charge is 2.39. The van der Waals surface area contributed by atoms with Crippen LogP contribution in [0.2, 0.25) is 0 Å². The Morgan fingerprint density at radius 2 is 2.00 bits per heavy atom. The fraction of sp³-hybridized carbons (Fsp3) is 0.500. The van der Waals surface area contributed by atoms with Crippen LogP contribution in [0.3, 0.4) is 0 Å². The predicted molar refractivity (Wildman–Crippen MR) is 75.7 cm³/mol. The Morgan fingerprint density at radius 3 is 2.55 bits per heavy atom. The van der Waals surface area contributed by atoms with E-state index in [1.165, 1.54) is 0 Å². The highest BCUT2D eigenvalue weighted by atomic mass is 16.6. The third-order valence-electron chi connectivity index (χ3n) is 3.29. The molecule has 1 aromatic rings. The van der Waals surface area contributed by atoms with Crippen molar-refractivity contribution in [2.75, 3.05) is 0 Å². The number of rotatable bonds is 2. The first-order valence-corrected chi connectivity index (χ1v) is 6.84. The number of nitriles is 1. The van der Waals surface area contributed by atoms with Gasteiger partial charge < -0.3 is 4.74 Å². The number of hydrogen-bond acceptors (Lipinski definition) is 4. The Labute approximate surface area is 119 Å². The molecule has 1 aliphatic rings. The zero-order valence-electron chi connectivity index (χ0n) is 12.1. The second-order valence-corrected chi connectivity index (χ2v) is 6.11. The molecule has 20 heavy (non-hydrogen) atoms. The van der Waals surface area contributed by atoms with Crippen LogP contribution in [-0.4, -0.2) is 17.6 Å². The van der Waals surface area contributed by atoms with Crippen LogP contribution in [0.4, 0.5) is 0 Å². The van der Waals surface area contributed by atoms with Gasteiger partial charge in [0.15, 0.2) is 0 Å². The third-order valence-corrected chi connectivity index (χ3v) is 3.29. The van der Waals surface area contributed by atoms with Crippen LogP contribution in [-0.2, 0) is 9.53 Å². The molecule has 0 radical (unpaired) electrons. The molecule has 3 unspecified atom stereocenters. The van der Waals surface area contributed by atoms with E-state index in [9.17, 15) is 10.1 Å². The van der Waals surface area contributed by atoms with Crippen LogP contribution in [0.5, 0.6) is 0 Å². The van der Waals surface area contributed by atoms with Crippen molar-refractivity contribution in [3.8, 4) is 6.07 Å². The molecule has 1 aliphatic heterocycles. The van der Waals surface area contributed by atoms with E-state index in [0.29, 0.717) is 6.42 Å². The van der Waals surface area contributed by atoms with Crippen LogP contribution >= 0.6 is 0 Å². The molecule has 1 saturated heterocycles. The summed E-state index contributed by atoms with van der Waals surface area (Å²) >= 11 is 0. The van der Waals surface area contributed by atoms with E-state index in [1.54, 1.807) is 0 Å². The van der Waals surface area contributed by atoms with E-state index in [0.717, 1.165) is 5.56 Å². The Bertz CT molecular complexity index is 514. The lowest BCUT2D eigenvalue weighted by Gasteiger charge is -2.22. The summed E-state index contributed by atoms with van der Waals surface area (Å²) in [6.07, 6.45) is 0.491. The third kappa shape index (κ3) is 3.37. The van der Waals surface area contributed by atoms with Gasteiger partial charge in [0, 0.05) is 6.04 Å². The average Bonchev–Trinajstić information content (AvgIpc) is 2.82. The van der Waals surface area contributed by atoms with Gasteiger partial charge >= 0.3 is 5.97 Å². The van der Waals surface area contributed by atoms with Crippen LogP contribution in [0.1, 0.15) is 38.8 Å². The quantitative estimate of drug-likeness (QED) is 0.840. The zero-order chi connectivity index (χ0) is 14.8. The minimum atomic E-state index is -0.508. The Balaban J connectivity index is 2.11. The topological polar surface area (TPSA) is 62.1 Å². The van der Waals surface area contributed by atoms with E-state index in [4.69, 9.17) is 4.74 Å². The highest BCUT2D eigenvalue weighted by Crippen LogP contribution is 2.33. The van der Waals surface area contributed by atoms with Crippen LogP contribution < -0.4 is 5.32 Å². The summed E-state index contributed by atoms with van der Waals surface area (Å²) < 4.78 is 5.39. The van der Waals surface area contributed by atoms with E-state index < -0.39 is 11.6 Å². The van der Waals surface area contributed by atoms with Crippen molar-refractivity contribution in [2.24, 2.45) is 5.92 Å². The summed E-state index contributed by atoms with van der Waals surface area (Å²) in [4.78, 5) is 12.1. The smallest absolute Gasteiger partial charge is 0.323 e. The second kappa shape index (κ2) is 5.64. The number of hydrogen-bond donors (Lipinski definition) is 1. The van der Waals surface area contributed by atoms with E-state index in [1.807, 2.05) is 51.1 Å². The monoisotopic (exact) mass is 272 g/mol. The van der Waals surface area contributed by atoms with Gasteiger partial charge in [0.25, 0.3) is 0 Å². The Morgan fingerprint density at radius 1 is 1.35 bits per heavy atom. The first-order chi connectivity index (χ1) is 9.40. The molecule has 0 spiro atoms. The van der Waals surface area contributed by atoms with Gasteiger partial charge in [-0.2, -0.15) is 5.26 Å². The normalized spacial score (nSPS) is 26.0. The molecule has 4 nitrogen and oxygen atoms in total. The minimum absolute atomic E-state index is 0.112. The van der Waals surface area contributed by atoms with Crippen LogP contribution in [0, 0.1) is 17.2 Å². The number of benzene rings is 1. The molecule has 0 aliphatic carbocycles. The van der Waals surface area contributed by atoms with Crippen molar-refractivity contribution in [1.29, 1.82) is 5.26 Å². The van der Waals surface area contributed by atoms with Gasteiger partial charge in [-0.3, -0.25) is 10.1 Å². The van der Waals surface area contributed by atoms with E-state index in [2.05, 4.69) is 11.4 Å². The molecule has 0 aromatic heterocycles. The van der Waals surface area contributed by atoms with Crippen LogP contribution in [0.25, 0.3) is 0 Å². The van der Waals surface area contributed by atoms with Gasteiger partial charge in [0.2, 0.25) is 0 Å². The SMILES string of the molecule is CC(C)(C)OC(=O)C1CC(C#N)C(c2ccccc2)N1. The summed E-state index contributed by atoms with van der Waals surface area (Å²) in [6.45, 7) is 5.53. The highest BCUT2D eigenvalue weighted by molar-refractivity contribution is 5.77. The minimum Gasteiger partial charge on any atom is -0.459 e. The van der Waals surface area contributed by atoms with Gasteiger partial charge in [-0.1, -0.05) is 30.3 Å². The number of esters is 1. The van der Waals surface area contributed by atoms with Crippen molar-refractivity contribution >= 4 is 5.97 Å². The number of nitrogens with zero attached hydrogens (tertiary/aromatic N) is 1. The maximum Gasteiger partial charge on any atom is 0.323 e. The number of carbonyl (C=O) groups is 1. The zero-order valence-corrected chi connectivity index (χ0v) is 12.1. The summed E-state index contributed by atoms with van der Waals surface area (Å²) in [5, 5.41) is 12.5. The summed E-state index contributed by atoms with van der Waals surface area (Å²) in [7, 11) is 0. The molecule has 1 fully saturated rings. The summed E-state index contributed by atoms with van der Waals surface area (Å²) in [5.41, 5.74) is 0.524. The Hall–Kier alpha value is -1.86. The van der Waals surface area contributed by atoms with Crippen molar-refractivity contribution in [3.63, 3.8) is 0 Å². The Kier molecular flexibility index (Phi) is 4.10. The molecule has 0 amide bonds. The molecule has 1 aromatic carbocycles. The number of nitrogens with one attached hydrogen (secondary N) is 1. The van der Waals surface area contributed by atoms with Crippen molar-refractivity contribution in [1.82, 2.24) is 5.32 Å². The fourth-order valence-corrected chi connectivity index (χ4v) is 2.44. The predicted octanol–water partition coefficient (Wildman–Crippen LogP) is 2.57. The molecule has 1 heterocycles. The summed E-state index contributed by atoms with van der Waals surface area (Å²) in [5.74, 6) is -0.494. The number of carbonyl (C=O) groups excluding carboxylic acids is 1. The molecule has 0 bridgehead atoms. The standard InChI is InChI=1S/C16H20N2O2/c1-16(2,3)20-15(19)13-9-12(10-17)14(18-13)11-7-5-4-6-8-11/h4-8,12-14,18H,9H2,1-3H3. The molecule has 1 N–H and O–H groups in total. The molecular weight excluding hydrogens is 252 g/mol. The lowest BCUT2D eigenvalue weighted by molar-refractivity contribution is -0.157. The number of ether oxygens (including phenoxy) is 1. The fourth-order valence-electron chi connectivity index (χ4n) is 2.44. The van der Waals surface area contributed by atoms with Crippen LogP contribution in [0.15, 0.2) is 30.3 Å². The van der Waals surface area contributed by atoms with Crippen molar-refractivity contribution in [3.05, 3.63) is 35.9 Å². The maximum absolute atomic E-state index is 12.1. The van der Waals surface area contributed by atoms with Gasteiger partial charge in [-0.15, -0.1) is 0 Å². The average molecular weight is 272 g/mol. The van der Waals surface area contributed by atoms with E-state index >= 15 is 0 Å². The lowest BCUT2D eigenvalue weighted by Crippen LogP contribution is -2.38. The largest absolute Gasteiger partial charge is 0.459 e. The molecule has 2 rings (SSSR count). The second-order valence-electron chi connectivity index (χ2n) is 6.11. The van der Waals surface area contributed by atoms with Crippen molar-refractivity contribution in [2.45, 2.75) is 44.9 Å². The molecule has 4 heteroatoms. The van der Waals surface area contributed by atoms with Gasteiger partial charge in [-0.05, 0) is 32.8 Å². The van der Waals surface area contributed by atoms with E-state index in [-0.39, 0.29) is 17.9 Å². The van der Waals surface area contributed by atoms with Crippen molar-refractivity contribution < 1.29 is 9.53 Å². The lowest BCUT2D eigenvalue weighted by atomic mass is 9.95. The maximum atomic E-state index is 12.1. The molecule has 0 saturated carbocycles.